The first kappa shape index (κ1) is 24.9. The molecule has 1 aromatic heterocycles. The summed E-state index contributed by atoms with van der Waals surface area (Å²) in [5, 5.41) is 23.4. The largest absolute Gasteiger partial charge is 0.504 e. The first-order chi connectivity index (χ1) is 16.2. The molecule has 3 aromatic rings. The third-order valence-electron chi connectivity index (χ3n) is 5.68. The predicted molar refractivity (Wildman–Crippen MR) is 128 cm³/mol. The molecule has 8 heteroatoms. The molecular formula is C26H30N2O6. The summed E-state index contributed by atoms with van der Waals surface area (Å²) < 4.78 is 10.9. The highest BCUT2D eigenvalue weighted by atomic mass is 16.5. The number of benzene rings is 2. The molecule has 1 amide bonds. The second-order valence-electron chi connectivity index (χ2n) is 8.32. The van der Waals surface area contributed by atoms with E-state index in [2.05, 4.69) is 5.32 Å². The Labute approximate surface area is 198 Å². The van der Waals surface area contributed by atoms with Gasteiger partial charge in [-0.2, -0.15) is 0 Å². The minimum atomic E-state index is -0.781. The molecular weight excluding hydrogens is 436 g/mol. The lowest BCUT2D eigenvalue weighted by atomic mass is 9.91. The van der Waals surface area contributed by atoms with E-state index < -0.39 is 17.1 Å². The van der Waals surface area contributed by atoms with Gasteiger partial charge in [0.2, 0.25) is 17.1 Å². The van der Waals surface area contributed by atoms with Crippen molar-refractivity contribution in [1.82, 2.24) is 10.2 Å². The highest BCUT2D eigenvalue weighted by Gasteiger charge is 2.27. The van der Waals surface area contributed by atoms with Crippen molar-refractivity contribution in [3.05, 3.63) is 87.5 Å². The van der Waals surface area contributed by atoms with E-state index in [-0.39, 0.29) is 35.6 Å². The summed E-state index contributed by atoms with van der Waals surface area (Å²) in [5.41, 5.74) is 1.02. The molecule has 3 N–H and O–H groups in total. The SMILES string of the molecule is COc1cc(C(CC(=O)NCC(c2ccccc2)N(C)C)c2oc(C)cc(=O)c2O)ccc1O. The van der Waals surface area contributed by atoms with E-state index in [9.17, 15) is 19.8 Å². The first-order valence-corrected chi connectivity index (χ1v) is 10.9. The molecule has 0 saturated carbocycles. The van der Waals surface area contributed by atoms with E-state index in [4.69, 9.17) is 9.15 Å². The molecule has 1 heterocycles. The van der Waals surface area contributed by atoms with Crippen LogP contribution in [0, 0.1) is 6.92 Å². The Balaban J connectivity index is 1.90. The maximum atomic E-state index is 13.0. The van der Waals surface area contributed by atoms with Crippen molar-refractivity contribution in [2.45, 2.75) is 25.3 Å². The molecule has 0 aliphatic carbocycles. The summed E-state index contributed by atoms with van der Waals surface area (Å²) in [6.45, 7) is 1.96. The number of aryl methyl sites for hydroxylation is 1. The lowest BCUT2D eigenvalue weighted by Gasteiger charge is -2.25. The van der Waals surface area contributed by atoms with Gasteiger partial charge in [-0.05, 0) is 44.3 Å². The number of carbonyl (C=O) groups excluding carboxylic acids is 1. The van der Waals surface area contributed by atoms with E-state index in [1.165, 1.54) is 19.2 Å². The molecule has 0 saturated heterocycles. The molecule has 8 nitrogen and oxygen atoms in total. The fraction of sp³-hybridized carbons (Fsp3) is 0.308. The first-order valence-electron chi connectivity index (χ1n) is 10.9. The summed E-state index contributed by atoms with van der Waals surface area (Å²) >= 11 is 0. The van der Waals surface area contributed by atoms with E-state index >= 15 is 0 Å². The Morgan fingerprint density at radius 1 is 1.09 bits per heavy atom. The monoisotopic (exact) mass is 466 g/mol. The lowest BCUT2D eigenvalue weighted by Crippen LogP contribution is -2.35. The van der Waals surface area contributed by atoms with Crippen LogP contribution < -0.4 is 15.5 Å². The predicted octanol–water partition coefficient (Wildman–Crippen LogP) is 3.31. The Morgan fingerprint density at radius 2 is 1.79 bits per heavy atom. The number of methoxy groups -OCH3 is 1. The van der Waals surface area contributed by atoms with Crippen molar-refractivity contribution in [3.8, 4) is 17.2 Å². The minimum Gasteiger partial charge on any atom is -0.504 e. The van der Waals surface area contributed by atoms with Crippen molar-refractivity contribution in [3.63, 3.8) is 0 Å². The molecule has 0 aliphatic heterocycles. The molecule has 0 spiro atoms. The Hall–Kier alpha value is -3.78. The van der Waals surface area contributed by atoms with Gasteiger partial charge < -0.3 is 29.6 Å². The van der Waals surface area contributed by atoms with Gasteiger partial charge in [-0.3, -0.25) is 9.59 Å². The van der Waals surface area contributed by atoms with Gasteiger partial charge in [-0.25, -0.2) is 0 Å². The number of aromatic hydroxyl groups is 2. The van der Waals surface area contributed by atoms with Gasteiger partial charge in [-0.1, -0.05) is 36.4 Å². The zero-order chi connectivity index (χ0) is 24.8. The number of hydrogen-bond donors (Lipinski definition) is 3. The Kier molecular flexibility index (Phi) is 7.96. The molecule has 0 radical (unpaired) electrons. The molecule has 2 unspecified atom stereocenters. The lowest BCUT2D eigenvalue weighted by molar-refractivity contribution is -0.121. The van der Waals surface area contributed by atoms with E-state index in [1.54, 1.807) is 19.1 Å². The summed E-state index contributed by atoms with van der Waals surface area (Å²) in [7, 11) is 5.29. The van der Waals surface area contributed by atoms with Crippen molar-refractivity contribution >= 4 is 5.91 Å². The van der Waals surface area contributed by atoms with Crippen molar-refractivity contribution in [2.24, 2.45) is 0 Å². The van der Waals surface area contributed by atoms with Crippen LogP contribution in [0.25, 0.3) is 0 Å². The summed E-state index contributed by atoms with van der Waals surface area (Å²) in [5.74, 6) is -1.19. The van der Waals surface area contributed by atoms with Crippen LogP contribution in [-0.4, -0.2) is 48.8 Å². The van der Waals surface area contributed by atoms with Crippen LogP contribution in [0.5, 0.6) is 17.2 Å². The second kappa shape index (κ2) is 10.9. The average molecular weight is 467 g/mol. The van der Waals surface area contributed by atoms with Gasteiger partial charge in [-0.15, -0.1) is 0 Å². The fourth-order valence-corrected chi connectivity index (χ4v) is 3.88. The van der Waals surface area contributed by atoms with Gasteiger partial charge >= 0.3 is 0 Å². The Bertz CT molecular complexity index is 1190. The van der Waals surface area contributed by atoms with Gasteiger partial charge in [0.25, 0.3) is 0 Å². The van der Waals surface area contributed by atoms with Gasteiger partial charge in [0.1, 0.15) is 5.76 Å². The number of phenols is 1. The highest BCUT2D eigenvalue weighted by Crippen LogP contribution is 2.37. The fourth-order valence-electron chi connectivity index (χ4n) is 3.88. The smallest absolute Gasteiger partial charge is 0.227 e. The average Bonchev–Trinajstić information content (AvgIpc) is 2.81. The van der Waals surface area contributed by atoms with Crippen LogP contribution in [0.2, 0.25) is 0 Å². The standard InChI is InChI=1S/C26H30N2O6/c1-16-12-22(30)25(32)26(34-16)19(18-10-11-21(29)23(13-18)33-4)14-24(31)27-15-20(28(2)3)17-8-6-5-7-9-17/h5-13,19-20,29,32H,14-15H2,1-4H3,(H,27,31). The molecule has 180 valence electrons. The topological polar surface area (TPSA) is 112 Å². The van der Waals surface area contributed by atoms with E-state index in [1.807, 2.05) is 49.3 Å². The number of carbonyl (C=O) groups is 1. The number of rotatable bonds is 9. The van der Waals surface area contributed by atoms with E-state index in [0.717, 1.165) is 5.56 Å². The quantitative estimate of drug-likeness (QED) is 0.444. The van der Waals surface area contributed by atoms with Gasteiger partial charge in [0.05, 0.1) is 19.1 Å². The molecule has 0 fully saturated rings. The molecule has 3 rings (SSSR count). The number of amides is 1. The molecule has 2 atom stereocenters. The summed E-state index contributed by atoms with van der Waals surface area (Å²) in [4.78, 5) is 27.3. The normalized spacial score (nSPS) is 12.9. The molecule has 34 heavy (non-hydrogen) atoms. The number of phenolic OH excluding ortho intramolecular Hbond substituents is 1. The number of ether oxygens (including phenoxy) is 1. The second-order valence-corrected chi connectivity index (χ2v) is 8.32. The van der Waals surface area contributed by atoms with Crippen LogP contribution in [0.4, 0.5) is 0 Å². The van der Waals surface area contributed by atoms with E-state index in [0.29, 0.717) is 17.9 Å². The maximum absolute atomic E-state index is 13.0. The van der Waals surface area contributed by atoms with Crippen molar-refractivity contribution in [2.75, 3.05) is 27.7 Å². The zero-order valence-corrected chi connectivity index (χ0v) is 19.7. The summed E-state index contributed by atoms with van der Waals surface area (Å²) in [6.07, 6.45) is -0.0944. The number of hydrogen-bond acceptors (Lipinski definition) is 7. The number of likely N-dealkylation sites (N-methyl/N-ethyl adjacent to an activating group) is 1. The zero-order valence-electron chi connectivity index (χ0n) is 19.7. The van der Waals surface area contributed by atoms with Crippen LogP contribution in [-0.2, 0) is 4.79 Å². The number of nitrogens with zero attached hydrogens (tertiary/aromatic N) is 1. The minimum absolute atomic E-state index is 0.0138. The van der Waals surface area contributed by atoms with Crippen LogP contribution in [0.1, 0.15) is 41.0 Å². The number of nitrogens with one attached hydrogen (secondary N) is 1. The van der Waals surface area contributed by atoms with Crippen molar-refractivity contribution < 1.29 is 24.2 Å². The Morgan fingerprint density at radius 3 is 2.44 bits per heavy atom. The van der Waals surface area contributed by atoms with Gasteiger partial charge in [0.15, 0.2) is 17.3 Å². The third-order valence-corrected chi connectivity index (χ3v) is 5.68. The van der Waals surface area contributed by atoms with Gasteiger partial charge in [0, 0.05) is 19.0 Å². The van der Waals surface area contributed by atoms with Crippen LogP contribution >= 0.6 is 0 Å². The van der Waals surface area contributed by atoms with Crippen LogP contribution in [0.3, 0.4) is 0 Å². The van der Waals surface area contributed by atoms with Crippen molar-refractivity contribution in [1.29, 1.82) is 0 Å². The maximum Gasteiger partial charge on any atom is 0.227 e. The molecule has 2 aromatic carbocycles. The third kappa shape index (κ3) is 5.77. The highest BCUT2D eigenvalue weighted by molar-refractivity contribution is 5.77. The molecule has 0 aliphatic rings. The molecule has 0 bridgehead atoms. The van der Waals surface area contributed by atoms with Crippen LogP contribution in [0.15, 0.2) is 63.8 Å². The summed E-state index contributed by atoms with van der Waals surface area (Å²) in [6, 6.07) is 15.6.